The lowest BCUT2D eigenvalue weighted by molar-refractivity contribution is 0.298. The van der Waals surface area contributed by atoms with Crippen LogP contribution < -0.4 is 9.47 Å². The van der Waals surface area contributed by atoms with Gasteiger partial charge in [0.25, 0.3) is 0 Å². The molecular weight excluding hydrogens is 291 g/mol. The topological polar surface area (TPSA) is 18.5 Å². The largest absolute Gasteiger partial charge is 0.497 e. The van der Waals surface area contributed by atoms with Gasteiger partial charge < -0.3 is 9.47 Å². The molecule has 0 radical (unpaired) electrons. The van der Waals surface area contributed by atoms with Crippen molar-refractivity contribution in [1.82, 2.24) is 0 Å². The van der Waals surface area contributed by atoms with Crippen LogP contribution in [0.25, 0.3) is 0 Å². The SMILES string of the molecule is COc1ccc(OCc2ccccc2F)c(C#CCCl)c1. The molecule has 2 aromatic rings. The van der Waals surface area contributed by atoms with Gasteiger partial charge in [-0.15, -0.1) is 11.6 Å². The third-order valence-corrected chi connectivity index (χ3v) is 2.95. The molecule has 0 amide bonds. The van der Waals surface area contributed by atoms with Crippen molar-refractivity contribution >= 4 is 11.6 Å². The zero-order valence-corrected chi connectivity index (χ0v) is 12.3. The number of ether oxygens (including phenoxy) is 2. The fourth-order valence-corrected chi connectivity index (χ4v) is 1.83. The van der Waals surface area contributed by atoms with E-state index in [0.29, 0.717) is 22.6 Å². The maximum absolute atomic E-state index is 13.6. The molecule has 4 heteroatoms. The van der Waals surface area contributed by atoms with Crippen LogP contribution in [0.5, 0.6) is 11.5 Å². The minimum Gasteiger partial charge on any atom is -0.497 e. The Labute approximate surface area is 128 Å². The smallest absolute Gasteiger partial charge is 0.135 e. The summed E-state index contributed by atoms with van der Waals surface area (Å²) in [5, 5.41) is 0. The first-order valence-electron chi connectivity index (χ1n) is 6.33. The minimum absolute atomic E-state index is 0.133. The Morgan fingerprint density at radius 3 is 2.71 bits per heavy atom. The molecule has 0 aliphatic carbocycles. The fourth-order valence-electron chi connectivity index (χ4n) is 1.76. The molecule has 2 nitrogen and oxygen atoms in total. The molecule has 0 aliphatic heterocycles. The highest BCUT2D eigenvalue weighted by molar-refractivity contribution is 6.19. The molecule has 2 aromatic carbocycles. The summed E-state index contributed by atoms with van der Waals surface area (Å²) in [5.41, 5.74) is 1.15. The number of benzene rings is 2. The number of hydrogen-bond donors (Lipinski definition) is 0. The highest BCUT2D eigenvalue weighted by Gasteiger charge is 2.06. The molecule has 0 bridgehead atoms. The van der Waals surface area contributed by atoms with Crippen molar-refractivity contribution in [3.8, 4) is 23.3 Å². The zero-order valence-electron chi connectivity index (χ0n) is 11.5. The number of rotatable bonds is 4. The molecular formula is C17H14ClFO2. The standard InChI is InChI=1S/C17H14ClFO2/c1-20-15-8-9-17(13(11-15)6-4-10-18)21-12-14-5-2-3-7-16(14)19/h2-3,5,7-9,11H,10,12H2,1H3. The van der Waals surface area contributed by atoms with E-state index in [9.17, 15) is 4.39 Å². The van der Waals surface area contributed by atoms with E-state index < -0.39 is 0 Å². The first-order valence-corrected chi connectivity index (χ1v) is 6.87. The van der Waals surface area contributed by atoms with E-state index in [1.807, 2.05) is 0 Å². The Morgan fingerprint density at radius 2 is 2.00 bits per heavy atom. The van der Waals surface area contributed by atoms with E-state index in [4.69, 9.17) is 21.1 Å². The average molecular weight is 305 g/mol. The third kappa shape index (κ3) is 4.14. The van der Waals surface area contributed by atoms with Gasteiger partial charge in [0.2, 0.25) is 0 Å². The predicted octanol–water partition coefficient (Wildman–Crippen LogP) is 4.00. The molecule has 0 unspecified atom stereocenters. The van der Waals surface area contributed by atoms with Gasteiger partial charge in [0.15, 0.2) is 0 Å². The second kappa shape index (κ2) is 7.56. The number of alkyl halides is 1. The number of methoxy groups -OCH3 is 1. The van der Waals surface area contributed by atoms with Gasteiger partial charge in [-0.05, 0) is 24.3 Å². The fraction of sp³-hybridized carbons (Fsp3) is 0.176. The van der Waals surface area contributed by atoms with Gasteiger partial charge in [-0.1, -0.05) is 30.0 Å². The summed E-state index contributed by atoms with van der Waals surface area (Å²) in [7, 11) is 1.58. The highest BCUT2D eigenvalue weighted by Crippen LogP contribution is 2.24. The van der Waals surface area contributed by atoms with Crippen molar-refractivity contribution in [2.24, 2.45) is 0 Å². The summed E-state index contributed by atoms with van der Waals surface area (Å²) in [4.78, 5) is 0. The van der Waals surface area contributed by atoms with Crippen LogP contribution in [0, 0.1) is 17.7 Å². The second-order valence-corrected chi connectivity index (χ2v) is 4.44. The Hall–Kier alpha value is -2.18. The lowest BCUT2D eigenvalue weighted by Gasteiger charge is -2.10. The van der Waals surface area contributed by atoms with Crippen LogP contribution >= 0.6 is 11.6 Å². The number of halogens is 2. The Kier molecular flexibility index (Phi) is 5.48. The predicted molar refractivity (Wildman–Crippen MR) is 81.3 cm³/mol. The van der Waals surface area contributed by atoms with Crippen molar-refractivity contribution < 1.29 is 13.9 Å². The van der Waals surface area contributed by atoms with E-state index in [-0.39, 0.29) is 18.3 Å². The van der Waals surface area contributed by atoms with Crippen molar-refractivity contribution in [2.75, 3.05) is 13.0 Å². The second-order valence-electron chi connectivity index (χ2n) is 4.18. The quantitative estimate of drug-likeness (QED) is 0.628. The summed E-state index contributed by atoms with van der Waals surface area (Å²) >= 11 is 5.58. The molecule has 0 N–H and O–H groups in total. The van der Waals surface area contributed by atoms with E-state index in [2.05, 4.69) is 11.8 Å². The van der Waals surface area contributed by atoms with E-state index in [1.54, 1.807) is 43.5 Å². The monoisotopic (exact) mass is 304 g/mol. The lowest BCUT2D eigenvalue weighted by Crippen LogP contribution is -2.00. The molecule has 0 atom stereocenters. The zero-order chi connectivity index (χ0) is 15.1. The molecule has 0 saturated carbocycles. The van der Waals surface area contributed by atoms with E-state index in [1.165, 1.54) is 6.07 Å². The molecule has 0 spiro atoms. The maximum atomic E-state index is 13.6. The molecule has 0 heterocycles. The van der Waals surface area contributed by atoms with Crippen LogP contribution in [-0.4, -0.2) is 13.0 Å². The van der Waals surface area contributed by atoms with Crippen molar-refractivity contribution in [2.45, 2.75) is 6.61 Å². The van der Waals surface area contributed by atoms with Crippen molar-refractivity contribution in [3.63, 3.8) is 0 Å². The van der Waals surface area contributed by atoms with Crippen molar-refractivity contribution in [3.05, 3.63) is 59.4 Å². The molecule has 0 aromatic heterocycles. The Balaban J connectivity index is 2.21. The lowest BCUT2D eigenvalue weighted by atomic mass is 10.2. The van der Waals surface area contributed by atoms with Gasteiger partial charge in [0.05, 0.1) is 18.6 Å². The maximum Gasteiger partial charge on any atom is 0.135 e. The first-order chi connectivity index (χ1) is 10.2. The Bertz CT molecular complexity index is 674. The van der Waals surface area contributed by atoms with Gasteiger partial charge in [-0.25, -0.2) is 4.39 Å². The summed E-state index contributed by atoms with van der Waals surface area (Å²) in [5.74, 6) is 6.85. The van der Waals surface area contributed by atoms with E-state index in [0.717, 1.165) is 0 Å². The Morgan fingerprint density at radius 1 is 1.19 bits per heavy atom. The molecule has 0 saturated heterocycles. The van der Waals surface area contributed by atoms with Crippen LogP contribution in [0.1, 0.15) is 11.1 Å². The van der Waals surface area contributed by atoms with Gasteiger partial charge >= 0.3 is 0 Å². The first kappa shape index (κ1) is 15.2. The van der Waals surface area contributed by atoms with Crippen LogP contribution in [0.2, 0.25) is 0 Å². The summed E-state index contributed by atoms with van der Waals surface area (Å²) in [6, 6.07) is 11.8. The molecule has 21 heavy (non-hydrogen) atoms. The molecule has 2 rings (SSSR count). The minimum atomic E-state index is -0.292. The molecule has 0 aliphatic rings. The summed E-state index contributed by atoms with van der Waals surface area (Å²) in [6.07, 6.45) is 0. The molecule has 108 valence electrons. The van der Waals surface area contributed by atoms with Crippen LogP contribution in [0.4, 0.5) is 4.39 Å². The average Bonchev–Trinajstić information content (AvgIpc) is 2.52. The van der Waals surface area contributed by atoms with Crippen molar-refractivity contribution in [1.29, 1.82) is 0 Å². The van der Waals surface area contributed by atoms with Crippen LogP contribution in [-0.2, 0) is 6.61 Å². The van der Waals surface area contributed by atoms with Crippen LogP contribution in [0.3, 0.4) is 0 Å². The van der Waals surface area contributed by atoms with Gasteiger partial charge in [0.1, 0.15) is 23.9 Å². The number of hydrogen-bond acceptors (Lipinski definition) is 2. The summed E-state index contributed by atoms with van der Waals surface area (Å²) in [6.45, 7) is 0.133. The van der Waals surface area contributed by atoms with Gasteiger partial charge in [0, 0.05) is 5.56 Å². The summed E-state index contributed by atoms with van der Waals surface area (Å²) < 4.78 is 24.4. The van der Waals surface area contributed by atoms with Gasteiger partial charge in [-0.2, -0.15) is 0 Å². The molecule has 0 fully saturated rings. The third-order valence-electron chi connectivity index (χ3n) is 2.82. The highest BCUT2D eigenvalue weighted by atomic mass is 35.5. The van der Waals surface area contributed by atoms with Crippen LogP contribution in [0.15, 0.2) is 42.5 Å². The normalized spacial score (nSPS) is 9.67. The van der Waals surface area contributed by atoms with Gasteiger partial charge in [-0.3, -0.25) is 0 Å². The van der Waals surface area contributed by atoms with E-state index >= 15 is 0 Å².